The van der Waals surface area contributed by atoms with Crippen LogP contribution in [-0.4, -0.2) is 35.4 Å². The summed E-state index contributed by atoms with van der Waals surface area (Å²) in [5.74, 6) is 0.682. The van der Waals surface area contributed by atoms with Crippen LogP contribution in [0.15, 0.2) is 18.2 Å². The van der Waals surface area contributed by atoms with Crippen LogP contribution in [0, 0.1) is 5.82 Å². The number of nitrogens with zero attached hydrogens (tertiary/aromatic N) is 1. The zero-order chi connectivity index (χ0) is 13.8. The largest absolute Gasteiger partial charge is 0.337 e. The molecule has 1 aliphatic heterocycles. The van der Waals surface area contributed by atoms with E-state index in [1.54, 1.807) is 28.8 Å². The van der Waals surface area contributed by atoms with Crippen LogP contribution in [-0.2, 0) is 17.8 Å². The molecular weight excluding hydrogens is 299 g/mol. The molecule has 1 aliphatic rings. The molecule has 20 heavy (non-hydrogen) atoms. The number of nitrogens with two attached hydrogens (primary N) is 1. The van der Waals surface area contributed by atoms with Crippen molar-refractivity contribution < 1.29 is 9.18 Å². The third kappa shape index (κ3) is 4.11. The molecule has 0 fully saturated rings. The number of hydrogen-bond donors (Lipinski definition) is 1. The molecule has 0 spiro atoms. The number of rotatable bonds is 4. The van der Waals surface area contributed by atoms with E-state index in [4.69, 9.17) is 5.73 Å². The standard InChI is InChI=1S/C14H19FN2OS.ClH/c1-19-7-5-13(16)14(18)17-6-4-10-8-12(15)3-2-11(10)9-17;/h2-3,8,13H,4-7,9,16H2,1H3;1H/t13-;/m0./s1. The number of amides is 1. The molecule has 3 nitrogen and oxygen atoms in total. The van der Waals surface area contributed by atoms with Crippen LogP contribution in [0.3, 0.4) is 0 Å². The third-order valence-corrected chi connectivity index (χ3v) is 4.09. The van der Waals surface area contributed by atoms with Gasteiger partial charge in [0.05, 0.1) is 6.04 Å². The van der Waals surface area contributed by atoms with Gasteiger partial charge >= 0.3 is 0 Å². The van der Waals surface area contributed by atoms with Crippen LogP contribution in [0.4, 0.5) is 4.39 Å². The molecule has 2 rings (SSSR count). The van der Waals surface area contributed by atoms with Crippen molar-refractivity contribution in [2.45, 2.75) is 25.4 Å². The molecule has 1 atom stereocenters. The lowest BCUT2D eigenvalue weighted by molar-refractivity contribution is -0.133. The first-order valence-electron chi connectivity index (χ1n) is 6.42. The van der Waals surface area contributed by atoms with Crippen molar-refractivity contribution in [2.75, 3.05) is 18.6 Å². The van der Waals surface area contributed by atoms with E-state index in [1.165, 1.54) is 6.07 Å². The second-order valence-corrected chi connectivity index (χ2v) is 5.80. The molecular formula is C14H20ClFN2OS. The SMILES string of the molecule is CSCC[C@H](N)C(=O)N1CCc2cc(F)ccc2C1.Cl. The van der Waals surface area contributed by atoms with E-state index in [2.05, 4.69) is 0 Å². The number of carbonyl (C=O) groups is 1. The summed E-state index contributed by atoms with van der Waals surface area (Å²) in [6.07, 6.45) is 3.41. The number of halogens is 2. The first-order chi connectivity index (χ1) is 9.11. The molecule has 0 radical (unpaired) electrons. The summed E-state index contributed by atoms with van der Waals surface area (Å²) < 4.78 is 13.1. The van der Waals surface area contributed by atoms with E-state index in [9.17, 15) is 9.18 Å². The Hall–Kier alpha value is -0.780. The summed E-state index contributed by atoms with van der Waals surface area (Å²) in [4.78, 5) is 14.0. The fourth-order valence-corrected chi connectivity index (χ4v) is 2.80. The monoisotopic (exact) mass is 318 g/mol. The Labute approximate surface area is 129 Å². The van der Waals surface area contributed by atoms with E-state index >= 15 is 0 Å². The van der Waals surface area contributed by atoms with Crippen molar-refractivity contribution in [2.24, 2.45) is 5.73 Å². The second-order valence-electron chi connectivity index (χ2n) is 4.81. The van der Waals surface area contributed by atoms with E-state index in [-0.39, 0.29) is 24.1 Å². The van der Waals surface area contributed by atoms with Gasteiger partial charge in [-0.3, -0.25) is 4.79 Å². The van der Waals surface area contributed by atoms with Crippen LogP contribution in [0.25, 0.3) is 0 Å². The predicted molar refractivity (Wildman–Crippen MR) is 83.7 cm³/mol. The van der Waals surface area contributed by atoms with Crippen molar-refractivity contribution in [1.29, 1.82) is 0 Å². The molecule has 6 heteroatoms. The minimum atomic E-state index is -0.422. The maximum absolute atomic E-state index is 13.1. The van der Waals surface area contributed by atoms with Crippen LogP contribution < -0.4 is 5.73 Å². The van der Waals surface area contributed by atoms with Crippen LogP contribution >= 0.6 is 24.2 Å². The molecule has 2 N–H and O–H groups in total. The Balaban J connectivity index is 0.00000200. The lowest BCUT2D eigenvalue weighted by atomic mass is 9.99. The molecule has 0 aliphatic carbocycles. The van der Waals surface area contributed by atoms with Crippen LogP contribution in [0.1, 0.15) is 17.5 Å². The van der Waals surface area contributed by atoms with Crippen molar-refractivity contribution >= 4 is 30.1 Å². The minimum Gasteiger partial charge on any atom is -0.337 e. The zero-order valence-electron chi connectivity index (χ0n) is 11.5. The lowest BCUT2D eigenvalue weighted by Crippen LogP contribution is -2.46. The topological polar surface area (TPSA) is 46.3 Å². The van der Waals surface area contributed by atoms with Gasteiger partial charge in [0, 0.05) is 13.1 Å². The molecule has 0 bridgehead atoms. The van der Waals surface area contributed by atoms with E-state index in [0.717, 1.165) is 16.9 Å². The van der Waals surface area contributed by atoms with Crippen LogP contribution in [0.5, 0.6) is 0 Å². The number of benzene rings is 1. The fourth-order valence-electron chi connectivity index (χ4n) is 2.31. The summed E-state index contributed by atoms with van der Waals surface area (Å²) in [6, 6.07) is 4.34. The number of thioether (sulfide) groups is 1. The van der Waals surface area contributed by atoms with Gasteiger partial charge in [-0.05, 0) is 48.1 Å². The molecule has 112 valence electrons. The third-order valence-electron chi connectivity index (χ3n) is 3.44. The smallest absolute Gasteiger partial charge is 0.239 e. The maximum atomic E-state index is 13.1. The minimum absolute atomic E-state index is 0. The molecule has 0 unspecified atom stereocenters. The zero-order valence-corrected chi connectivity index (χ0v) is 13.1. The maximum Gasteiger partial charge on any atom is 0.239 e. The van der Waals surface area contributed by atoms with Crippen molar-refractivity contribution in [1.82, 2.24) is 4.90 Å². The number of carbonyl (C=O) groups excluding carboxylic acids is 1. The van der Waals surface area contributed by atoms with E-state index in [0.29, 0.717) is 25.9 Å². The van der Waals surface area contributed by atoms with Crippen molar-refractivity contribution in [3.05, 3.63) is 35.1 Å². The van der Waals surface area contributed by atoms with Gasteiger partial charge < -0.3 is 10.6 Å². The summed E-state index contributed by atoms with van der Waals surface area (Å²) in [5, 5.41) is 0. The number of fused-ring (bicyclic) bond motifs is 1. The Morgan fingerprint density at radius 1 is 1.50 bits per heavy atom. The molecule has 0 saturated heterocycles. The second kappa shape index (κ2) is 7.86. The lowest BCUT2D eigenvalue weighted by Gasteiger charge is -2.30. The Kier molecular flexibility index (Phi) is 6.79. The summed E-state index contributed by atoms with van der Waals surface area (Å²) in [6.45, 7) is 1.17. The summed E-state index contributed by atoms with van der Waals surface area (Å²) in [7, 11) is 0. The predicted octanol–water partition coefficient (Wildman–Crippen LogP) is 2.21. The summed E-state index contributed by atoms with van der Waals surface area (Å²) >= 11 is 1.69. The first-order valence-corrected chi connectivity index (χ1v) is 7.82. The van der Waals surface area contributed by atoms with Gasteiger partial charge in [-0.15, -0.1) is 12.4 Å². The van der Waals surface area contributed by atoms with Gasteiger partial charge in [0.1, 0.15) is 5.82 Å². The summed E-state index contributed by atoms with van der Waals surface area (Å²) in [5.41, 5.74) is 7.94. The average Bonchev–Trinajstić information content (AvgIpc) is 2.43. The number of hydrogen-bond acceptors (Lipinski definition) is 3. The van der Waals surface area contributed by atoms with Crippen molar-refractivity contribution in [3.8, 4) is 0 Å². The molecule has 1 aromatic carbocycles. The van der Waals surface area contributed by atoms with Crippen LogP contribution in [0.2, 0.25) is 0 Å². The highest BCUT2D eigenvalue weighted by atomic mass is 35.5. The normalized spacial score (nSPS) is 15.2. The fraction of sp³-hybridized carbons (Fsp3) is 0.500. The van der Waals surface area contributed by atoms with Gasteiger partial charge in [-0.25, -0.2) is 4.39 Å². The van der Waals surface area contributed by atoms with Gasteiger partial charge in [0.2, 0.25) is 5.91 Å². The average molecular weight is 319 g/mol. The highest BCUT2D eigenvalue weighted by Crippen LogP contribution is 2.20. The van der Waals surface area contributed by atoms with E-state index < -0.39 is 6.04 Å². The molecule has 1 amide bonds. The van der Waals surface area contributed by atoms with Gasteiger partial charge in [0.25, 0.3) is 0 Å². The van der Waals surface area contributed by atoms with Gasteiger partial charge in [-0.2, -0.15) is 11.8 Å². The quantitative estimate of drug-likeness (QED) is 0.926. The first kappa shape index (κ1) is 17.3. The Morgan fingerprint density at radius 3 is 2.95 bits per heavy atom. The van der Waals surface area contributed by atoms with E-state index in [1.807, 2.05) is 6.26 Å². The molecule has 1 heterocycles. The van der Waals surface area contributed by atoms with Gasteiger partial charge in [0.15, 0.2) is 0 Å². The highest BCUT2D eigenvalue weighted by molar-refractivity contribution is 7.98. The highest BCUT2D eigenvalue weighted by Gasteiger charge is 2.24. The molecule has 1 aromatic rings. The Morgan fingerprint density at radius 2 is 2.25 bits per heavy atom. The molecule has 0 saturated carbocycles. The molecule has 0 aromatic heterocycles. The van der Waals surface area contributed by atoms with Crippen molar-refractivity contribution in [3.63, 3.8) is 0 Å². The van der Waals surface area contributed by atoms with Gasteiger partial charge in [-0.1, -0.05) is 6.07 Å². The Bertz CT molecular complexity index is 472.